The first-order valence-corrected chi connectivity index (χ1v) is 6.12. The van der Waals surface area contributed by atoms with E-state index in [1.807, 2.05) is 0 Å². The lowest BCUT2D eigenvalue weighted by molar-refractivity contribution is -0.709. The Morgan fingerprint density at radius 1 is 1.38 bits per heavy atom. The van der Waals surface area contributed by atoms with Crippen LogP contribution in [0.1, 0.15) is 33.6 Å². The van der Waals surface area contributed by atoms with Crippen LogP contribution in [0.25, 0.3) is 0 Å². The van der Waals surface area contributed by atoms with Gasteiger partial charge in [0.05, 0.1) is 13.2 Å². The van der Waals surface area contributed by atoms with Gasteiger partial charge in [0.15, 0.2) is 0 Å². The van der Waals surface area contributed by atoms with Crippen molar-refractivity contribution in [2.45, 2.75) is 39.2 Å². The number of quaternary nitrogens is 1. The Balaban J connectivity index is 2.13. The third kappa shape index (κ3) is 1.64. The summed E-state index contributed by atoms with van der Waals surface area (Å²) < 4.78 is 0. The summed E-state index contributed by atoms with van der Waals surface area (Å²) in [6, 6.07) is 0. The summed E-state index contributed by atoms with van der Waals surface area (Å²) in [5.41, 5.74) is 1.18. The summed E-state index contributed by atoms with van der Waals surface area (Å²) in [6.07, 6.45) is 1.97. The zero-order valence-corrected chi connectivity index (χ0v) is 10.4. The number of hydrogen-bond donors (Lipinski definition) is 3. The molecule has 16 heavy (non-hydrogen) atoms. The van der Waals surface area contributed by atoms with Crippen LogP contribution >= 0.6 is 0 Å². The highest BCUT2D eigenvalue weighted by Gasteiger charge is 2.64. The largest absolute Gasteiger partial charge is 0.411 e. The van der Waals surface area contributed by atoms with E-state index in [4.69, 9.17) is 10.3 Å². The lowest BCUT2D eigenvalue weighted by Gasteiger charge is -2.31. The van der Waals surface area contributed by atoms with Gasteiger partial charge in [0, 0.05) is 6.42 Å². The van der Waals surface area contributed by atoms with E-state index in [2.05, 4.69) is 31.2 Å². The number of aliphatic hydroxyl groups excluding tert-OH is 1. The van der Waals surface area contributed by atoms with E-state index >= 15 is 0 Å². The molecule has 92 valence electrons. The summed E-state index contributed by atoms with van der Waals surface area (Å²) in [5.74, 6) is 1.44. The molecule has 2 saturated carbocycles. The minimum absolute atomic E-state index is 0.119. The van der Waals surface area contributed by atoms with Crippen LogP contribution in [0.4, 0.5) is 0 Å². The Kier molecular flexibility index (Phi) is 2.75. The number of hydrogen-bond acceptors (Lipinski definition) is 3. The molecule has 2 aliphatic carbocycles. The summed E-state index contributed by atoms with van der Waals surface area (Å²) in [6.45, 7) is 7.58. The predicted molar refractivity (Wildman–Crippen MR) is 61.5 cm³/mol. The molecule has 0 unspecified atom stereocenters. The maximum Gasteiger partial charge on any atom is 0.136 e. The monoisotopic (exact) mass is 227 g/mol. The second-order valence-electron chi connectivity index (χ2n) is 6.12. The maximum atomic E-state index is 9.14. The normalized spacial score (nSPS) is 43.1. The van der Waals surface area contributed by atoms with Crippen LogP contribution in [-0.2, 0) is 0 Å². The molecule has 0 heterocycles. The van der Waals surface area contributed by atoms with E-state index in [1.165, 1.54) is 0 Å². The summed E-state index contributed by atoms with van der Waals surface area (Å²) in [5, 5.41) is 23.7. The Hall–Kier alpha value is -0.610. The van der Waals surface area contributed by atoms with Crippen molar-refractivity contribution in [1.29, 1.82) is 0 Å². The van der Waals surface area contributed by atoms with E-state index in [9.17, 15) is 0 Å². The van der Waals surface area contributed by atoms with Crippen LogP contribution in [-0.4, -0.2) is 34.7 Å². The van der Waals surface area contributed by atoms with Gasteiger partial charge < -0.3 is 15.6 Å². The number of nitrogens with two attached hydrogens (primary N) is 1. The number of fused-ring (bicyclic) bond motifs is 1. The molecule has 0 aromatic carbocycles. The molecule has 0 bridgehead atoms. The Bertz CT molecular complexity index is 314. The SMILES string of the molecule is CC1(C)[C@@H]2C/C(=N/O)[C@](C)([NH2+]CCO)C[C@@H]21. The first-order chi connectivity index (χ1) is 7.45. The first-order valence-electron chi connectivity index (χ1n) is 6.12. The third-order valence-electron chi connectivity index (χ3n) is 4.85. The van der Waals surface area contributed by atoms with E-state index in [0.717, 1.165) is 24.5 Å². The van der Waals surface area contributed by atoms with Gasteiger partial charge in [-0.05, 0) is 30.6 Å². The second-order valence-corrected chi connectivity index (χ2v) is 6.12. The van der Waals surface area contributed by atoms with E-state index in [-0.39, 0.29) is 12.1 Å². The lowest BCUT2D eigenvalue weighted by Crippen LogP contribution is -2.99. The average molecular weight is 227 g/mol. The molecule has 0 amide bonds. The van der Waals surface area contributed by atoms with Gasteiger partial charge in [-0.25, -0.2) is 0 Å². The molecular weight excluding hydrogens is 204 g/mol. The topological polar surface area (TPSA) is 69.4 Å². The van der Waals surface area contributed by atoms with Gasteiger partial charge in [-0.2, -0.15) is 0 Å². The van der Waals surface area contributed by atoms with Crippen molar-refractivity contribution < 1.29 is 15.6 Å². The lowest BCUT2D eigenvalue weighted by atomic mass is 9.81. The van der Waals surface area contributed by atoms with Crippen LogP contribution in [0.15, 0.2) is 5.16 Å². The van der Waals surface area contributed by atoms with Crippen molar-refractivity contribution in [2.75, 3.05) is 13.2 Å². The fourth-order valence-corrected chi connectivity index (χ4v) is 3.42. The minimum atomic E-state index is -0.119. The Morgan fingerprint density at radius 3 is 2.62 bits per heavy atom. The second kappa shape index (κ2) is 3.70. The summed E-state index contributed by atoms with van der Waals surface area (Å²) in [4.78, 5) is 0. The standard InChI is InChI=1S/C12H22N2O2/c1-11(2)8-6-10(14-16)12(3,7-9(8)11)13-4-5-15/h8-9,13,15-16H,4-7H2,1-3H3/p+1/b14-10-/t8-,9+,12-/m1/s1. The molecule has 0 aromatic heterocycles. The molecule has 0 saturated heterocycles. The predicted octanol–water partition coefficient (Wildman–Crippen LogP) is 0.197. The highest BCUT2D eigenvalue weighted by atomic mass is 16.4. The quantitative estimate of drug-likeness (QED) is 0.476. The van der Waals surface area contributed by atoms with E-state index < -0.39 is 0 Å². The van der Waals surface area contributed by atoms with Crippen LogP contribution in [0.3, 0.4) is 0 Å². The van der Waals surface area contributed by atoms with Crippen LogP contribution < -0.4 is 5.32 Å². The molecular formula is C12H23N2O2+. The summed E-state index contributed by atoms with van der Waals surface area (Å²) >= 11 is 0. The van der Waals surface area contributed by atoms with Gasteiger partial charge >= 0.3 is 0 Å². The maximum absolute atomic E-state index is 9.14. The number of rotatable bonds is 3. The Labute approximate surface area is 96.7 Å². The van der Waals surface area contributed by atoms with Crippen molar-refractivity contribution >= 4 is 5.71 Å². The van der Waals surface area contributed by atoms with Crippen LogP contribution in [0.5, 0.6) is 0 Å². The smallest absolute Gasteiger partial charge is 0.136 e. The highest BCUT2D eigenvalue weighted by Crippen LogP contribution is 2.65. The van der Waals surface area contributed by atoms with Crippen molar-refractivity contribution in [3.8, 4) is 0 Å². The van der Waals surface area contributed by atoms with E-state index in [1.54, 1.807) is 0 Å². The van der Waals surface area contributed by atoms with Gasteiger partial charge in [-0.1, -0.05) is 19.0 Å². The fraction of sp³-hybridized carbons (Fsp3) is 0.917. The fourth-order valence-electron chi connectivity index (χ4n) is 3.42. The van der Waals surface area contributed by atoms with Gasteiger partial charge in [0.25, 0.3) is 0 Å². The molecule has 3 atom stereocenters. The van der Waals surface area contributed by atoms with Gasteiger partial charge in [0.1, 0.15) is 11.3 Å². The number of nitrogens with zero attached hydrogens (tertiary/aromatic N) is 1. The summed E-state index contributed by atoms with van der Waals surface area (Å²) in [7, 11) is 0. The number of aliphatic hydroxyl groups is 1. The van der Waals surface area contributed by atoms with Gasteiger partial charge in [-0.15, -0.1) is 0 Å². The molecule has 2 rings (SSSR count). The van der Waals surface area contributed by atoms with Crippen LogP contribution in [0, 0.1) is 17.3 Å². The highest BCUT2D eigenvalue weighted by molar-refractivity contribution is 5.93. The zero-order chi connectivity index (χ0) is 12.0. The zero-order valence-electron chi connectivity index (χ0n) is 10.4. The van der Waals surface area contributed by atoms with Crippen molar-refractivity contribution in [1.82, 2.24) is 0 Å². The molecule has 4 N–H and O–H groups in total. The molecule has 2 aliphatic rings. The number of oxime groups is 1. The molecule has 0 aromatic rings. The molecule has 0 spiro atoms. The molecule has 0 aliphatic heterocycles. The molecule has 4 nitrogen and oxygen atoms in total. The third-order valence-corrected chi connectivity index (χ3v) is 4.85. The molecule has 0 radical (unpaired) electrons. The molecule has 4 heteroatoms. The Morgan fingerprint density at radius 2 is 2.06 bits per heavy atom. The van der Waals surface area contributed by atoms with Gasteiger partial charge in [0.2, 0.25) is 0 Å². The van der Waals surface area contributed by atoms with E-state index in [0.29, 0.717) is 17.9 Å². The molecule has 2 fully saturated rings. The van der Waals surface area contributed by atoms with Gasteiger partial charge in [-0.3, -0.25) is 0 Å². The van der Waals surface area contributed by atoms with Crippen molar-refractivity contribution in [3.05, 3.63) is 0 Å². The minimum Gasteiger partial charge on any atom is -0.411 e. The first kappa shape index (κ1) is 11.9. The van der Waals surface area contributed by atoms with Crippen LogP contribution in [0.2, 0.25) is 0 Å². The average Bonchev–Trinajstić information content (AvgIpc) is 2.76. The van der Waals surface area contributed by atoms with Crippen molar-refractivity contribution in [2.24, 2.45) is 22.4 Å². The van der Waals surface area contributed by atoms with Crippen molar-refractivity contribution in [3.63, 3.8) is 0 Å².